The van der Waals surface area contributed by atoms with Crippen molar-refractivity contribution < 1.29 is 9.53 Å². The van der Waals surface area contributed by atoms with Gasteiger partial charge in [0, 0.05) is 24.0 Å². The number of hydrogen-bond donors (Lipinski definition) is 0. The minimum Gasteiger partial charge on any atom is -0.494 e. The van der Waals surface area contributed by atoms with Crippen molar-refractivity contribution >= 4 is 16.8 Å². The first kappa shape index (κ1) is 19.4. The van der Waals surface area contributed by atoms with E-state index in [9.17, 15) is 4.79 Å². The SMILES string of the molecule is CCOc1ccc(-c2cc(C(=O)N3C[C@H](C)C[C@H](C)C3)c3ccccc3n2)cc1. The molecule has 1 saturated heterocycles. The van der Waals surface area contributed by atoms with Gasteiger partial charge in [0.1, 0.15) is 5.75 Å². The van der Waals surface area contributed by atoms with Crippen LogP contribution in [0.2, 0.25) is 0 Å². The lowest BCUT2D eigenvalue weighted by molar-refractivity contribution is 0.0625. The lowest BCUT2D eigenvalue weighted by atomic mass is 9.91. The molecule has 0 radical (unpaired) electrons. The van der Waals surface area contributed by atoms with Crippen LogP contribution in [-0.4, -0.2) is 35.5 Å². The number of pyridine rings is 1. The third-order valence-corrected chi connectivity index (χ3v) is 5.56. The molecule has 1 aliphatic heterocycles. The second-order valence-electron chi connectivity index (χ2n) is 8.19. The van der Waals surface area contributed by atoms with Gasteiger partial charge in [-0.15, -0.1) is 0 Å². The summed E-state index contributed by atoms with van der Waals surface area (Å²) in [6, 6.07) is 17.8. The van der Waals surface area contributed by atoms with Gasteiger partial charge in [-0.25, -0.2) is 4.98 Å². The number of rotatable bonds is 4. The maximum Gasteiger partial charge on any atom is 0.254 e. The maximum absolute atomic E-state index is 13.5. The molecule has 1 fully saturated rings. The van der Waals surface area contributed by atoms with E-state index in [1.54, 1.807) is 0 Å². The van der Waals surface area contributed by atoms with Gasteiger partial charge in [-0.3, -0.25) is 4.79 Å². The number of ether oxygens (including phenoxy) is 1. The van der Waals surface area contributed by atoms with Crippen LogP contribution >= 0.6 is 0 Å². The van der Waals surface area contributed by atoms with Gasteiger partial charge in [-0.05, 0) is 61.6 Å². The second-order valence-corrected chi connectivity index (χ2v) is 8.19. The summed E-state index contributed by atoms with van der Waals surface area (Å²) < 4.78 is 5.55. The quantitative estimate of drug-likeness (QED) is 0.599. The molecular formula is C25H28N2O2. The number of carbonyl (C=O) groups excluding carboxylic acids is 1. The first-order valence-corrected chi connectivity index (χ1v) is 10.5. The van der Waals surface area contributed by atoms with Crippen LogP contribution in [0.15, 0.2) is 54.6 Å². The van der Waals surface area contributed by atoms with E-state index in [0.29, 0.717) is 18.4 Å². The molecule has 4 heteroatoms. The number of fused-ring (bicyclic) bond motifs is 1. The Balaban J connectivity index is 1.75. The monoisotopic (exact) mass is 388 g/mol. The van der Waals surface area contributed by atoms with Gasteiger partial charge in [0.15, 0.2) is 0 Å². The summed E-state index contributed by atoms with van der Waals surface area (Å²) in [5, 5.41) is 0.915. The summed E-state index contributed by atoms with van der Waals surface area (Å²) in [4.78, 5) is 20.3. The first-order chi connectivity index (χ1) is 14.0. The fraction of sp³-hybridized carbons (Fsp3) is 0.360. The standard InChI is InChI=1S/C25H28N2O2/c1-4-29-20-11-9-19(10-12-20)24-14-22(21-7-5-6-8-23(21)26-24)25(28)27-15-17(2)13-18(3)16-27/h5-12,14,17-18H,4,13,15-16H2,1-3H3/t17-,18+. The molecule has 0 spiro atoms. The molecule has 0 N–H and O–H groups in total. The second kappa shape index (κ2) is 8.24. The fourth-order valence-electron chi connectivity index (χ4n) is 4.39. The highest BCUT2D eigenvalue weighted by atomic mass is 16.5. The summed E-state index contributed by atoms with van der Waals surface area (Å²) in [6.45, 7) is 8.70. The van der Waals surface area contributed by atoms with Crippen molar-refractivity contribution in [3.05, 3.63) is 60.2 Å². The van der Waals surface area contributed by atoms with E-state index in [4.69, 9.17) is 9.72 Å². The summed E-state index contributed by atoms with van der Waals surface area (Å²) in [5.41, 5.74) is 3.38. The predicted molar refractivity (Wildman–Crippen MR) is 117 cm³/mol. The van der Waals surface area contributed by atoms with Crippen LogP contribution in [0.4, 0.5) is 0 Å². The van der Waals surface area contributed by atoms with E-state index >= 15 is 0 Å². The molecule has 1 aromatic heterocycles. The van der Waals surface area contributed by atoms with Crippen molar-refractivity contribution in [2.45, 2.75) is 27.2 Å². The third kappa shape index (κ3) is 4.12. The minimum absolute atomic E-state index is 0.106. The Hall–Kier alpha value is -2.88. The van der Waals surface area contributed by atoms with Crippen LogP contribution in [0.3, 0.4) is 0 Å². The lowest BCUT2D eigenvalue weighted by Crippen LogP contribution is -2.42. The van der Waals surface area contributed by atoms with Crippen molar-refractivity contribution in [2.75, 3.05) is 19.7 Å². The van der Waals surface area contributed by atoms with Gasteiger partial charge in [0.05, 0.1) is 23.4 Å². The molecule has 0 aliphatic carbocycles. The normalized spacial score (nSPS) is 19.3. The number of para-hydroxylation sites is 1. The molecule has 2 heterocycles. The van der Waals surface area contributed by atoms with Gasteiger partial charge in [-0.1, -0.05) is 32.0 Å². The average Bonchev–Trinajstić information content (AvgIpc) is 2.72. The van der Waals surface area contributed by atoms with Crippen LogP contribution < -0.4 is 4.74 Å². The van der Waals surface area contributed by atoms with Crippen LogP contribution in [0, 0.1) is 11.8 Å². The van der Waals surface area contributed by atoms with Crippen molar-refractivity contribution in [3.63, 3.8) is 0 Å². The molecule has 150 valence electrons. The van der Waals surface area contributed by atoms with Crippen molar-refractivity contribution in [3.8, 4) is 17.0 Å². The maximum atomic E-state index is 13.5. The molecule has 1 amide bonds. The summed E-state index contributed by atoms with van der Waals surface area (Å²) in [6.07, 6.45) is 1.18. The zero-order valence-electron chi connectivity index (χ0n) is 17.4. The third-order valence-electron chi connectivity index (χ3n) is 5.56. The number of amides is 1. The van der Waals surface area contributed by atoms with E-state index < -0.39 is 0 Å². The number of aromatic nitrogens is 1. The van der Waals surface area contributed by atoms with E-state index in [1.165, 1.54) is 6.42 Å². The van der Waals surface area contributed by atoms with Gasteiger partial charge in [0.2, 0.25) is 0 Å². The van der Waals surface area contributed by atoms with Gasteiger partial charge in [-0.2, -0.15) is 0 Å². The highest BCUT2D eigenvalue weighted by Gasteiger charge is 2.27. The molecule has 29 heavy (non-hydrogen) atoms. The molecule has 2 atom stereocenters. The Morgan fingerprint density at radius 1 is 1.07 bits per heavy atom. The molecule has 0 saturated carbocycles. The Morgan fingerprint density at radius 3 is 2.45 bits per heavy atom. The summed E-state index contributed by atoms with van der Waals surface area (Å²) in [7, 11) is 0. The van der Waals surface area contributed by atoms with Gasteiger partial charge >= 0.3 is 0 Å². The van der Waals surface area contributed by atoms with Crippen LogP contribution in [0.5, 0.6) is 5.75 Å². The number of nitrogens with zero attached hydrogens (tertiary/aromatic N) is 2. The van der Waals surface area contributed by atoms with E-state index in [1.807, 2.05) is 66.4 Å². The van der Waals surface area contributed by atoms with E-state index in [2.05, 4.69) is 13.8 Å². The Kier molecular flexibility index (Phi) is 5.52. The van der Waals surface area contributed by atoms with Crippen LogP contribution in [0.1, 0.15) is 37.6 Å². The van der Waals surface area contributed by atoms with Crippen molar-refractivity contribution in [2.24, 2.45) is 11.8 Å². The van der Waals surface area contributed by atoms with Gasteiger partial charge in [0.25, 0.3) is 5.91 Å². The lowest BCUT2D eigenvalue weighted by Gasteiger charge is -2.35. The number of piperidine rings is 1. The molecule has 0 unspecified atom stereocenters. The topological polar surface area (TPSA) is 42.4 Å². The van der Waals surface area contributed by atoms with E-state index in [-0.39, 0.29) is 5.91 Å². The van der Waals surface area contributed by atoms with Crippen LogP contribution in [0.25, 0.3) is 22.2 Å². The van der Waals surface area contributed by atoms with Crippen molar-refractivity contribution in [1.82, 2.24) is 9.88 Å². The summed E-state index contributed by atoms with van der Waals surface area (Å²) in [5.74, 6) is 2.00. The van der Waals surface area contributed by atoms with Gasteiger partial charge < -0.3 is 9.64 Å². The molecule has 1 aliphatic rings. The zero-order chi connectivity index (χ0) is 20.4. The fourth-order valence-corrected chi connectivity index (χ4v) is 4.39. The van der Waals surface area contributed by atoms with E-state index in [0.717, 1.165) is 46.6 Å². The summed E-state index contributed by atoms with van der Waals surface area (Å²) >= 11 is 0. The Labute approximate surface area is 172 Å². The first-order valence-electron chi connectivity index (χ1n) is 10.5. The smallest absolute Gasteiger partial charge is 0.254 e. The molecule has 4 nitrogen and oxygen atoms in total. The number of carbonyl (C=O) groups is 1. The average molecular weight is 389 g/mol. The number of hydrogen-bond acceptors (Lipinski definition) is 3. The minimum atomic E-state index is 0.106. The van der Waals surface area contributed by atoms with Crippen LogP contribution in [-0.2, 0) is 0 Å². The molecule has 3 aromatic rings. The molecular weight excluding hydrogens is 360 g/mol. The molecule has 4 rings (SSSR count). The van der Waals surface area contributed by atoms with Crippen molar-refractivity contribution in [1.29, 1.82) is 0 Å². The number of likely N-dealkylation sites (tertiary alicyclic amines) is 1. The molecule has 2 aromatic carbocycles. The predicted octanol–water partition coefficient (Wildman–Crippen LogP) is 5.42. The largest absolute Gasteiger partial charge is 0.494 e. The highest BCUT2D eigenvalue weighted by Crippen LogP contribution is 2.29. The zero-order valence-corrected chi connectivity index (χ0v) is 17.4. The Bertz CT molecular complexity index is 1000. The molecule has 0 bridgehead atoms. The Morgan fingerprint density at radius 2 is 1.76 bits per heavy atom. The number of benzene rings is 2. The highest BCUT2D eigenvalue weighted by molar-refractivity contribution is 6.07.